The van der Waals surface area contributed by atoms with Crippen molar-refractivity contribution in [3.8, 4) is 180 Å². The lowest BCUT2D eigenvalue weighted by Crippen LogP contribution is -2.29. The predicted molar refractivity (Wildman–Crippen MR) is 498 cm³/mol. The topological polar surface area (TPSA) is 77.3 Å². The molecule has 2 aliphatic rings. The summed E-state index contributed by atoms with van der Waals surface area (Å²) >= 11 is 0. The summed E-state index contributed by atoms with van der Waals surface area (Å²) in [5.74, 6) is 3.41. The van der Waals surface area contributed by atoms with Gasteiger partial charge in [-0.05, 0) is 255 Å². The van der Waals surface area contributed by atoms with Gasteiger partial charge in [0.05, 0.1) is 5.41 Å². The highest BCUT2D eigenvalue weighted by Crippen LogP contribution is 2.58. The van der Waals surface area contributed by atoms with Gasteiger partial charge in [0.15, 0.2) is 34.9 Å². The number of rotatable bonds is 18. The number of aromatic nitrogens is 6. The number of fused-ring (bicyclic) bond motifs is 2. The second-order valence-corrected chi connectivity index (χ2v) is 31.2. The minimum atomic E-state index is -0.723. The lowest BCUT2D eigenvalue weighted by atomic mass is 9.65. The monoisotopic (exact) mass is 1540 g/mol. The van der Waals surface area contributed by atoms with Crippen LogP contribution in [0, 0.1) is 0 Å². The van der Waals surface area contributed by atoms with Crippen molar-refractivity contribution in [2.24, 2.45) is 0 Å². The van der Waals surface area contributed by atoms with Gasteiger partial charge in [0.25, 0.3) is 0 Å². The van der Waals surface area contributed by atoms with E-state index in [0.29, 0.717) is 34.9 Å². The molecule has 21 rings (SSSR count). The van der Waals surface area contributed by atoms with Gasteiger partial charge in [0.2, 0.25) is 0 Å². The summed E-state index contributed by atoms with van der Waals surface area (Å²) in [5, 5.41) is 0. The molecule has 19 aromatic rings. The fourth-order valence-corrected chi connectivity index (χ4v) is 17.8. The average molecular weight is 1540 g/mol. The number of benzene rings is 17. The van der Waals surface area contributed by atoms with Crippen LogP contribution in [0.1, 0.15) is 35.1 Å². The Hall–Kier alpha value is -15.8. The van der Waals surface area contributed by atoms with Crippen molar-refractivity contribution >= 4 is 5.57 Å². The molecular formula is C115H78N6. The highest BCUT2D eigenvalue weighted by molar-refractivity contribution is 5.92. The van der Waals surface area contributed by atoms with Crippen molar-refractivity contribution in [2.45, 2.75) is 18.3 Å². The number of nitrogens with zero attached hydrogens (tertiary/aromatic N) is 6. The molecule has 0 aliphatic heterocycles. The second-order valence-electron chi connectivity index (χ2n) is 31.2. The zero-order chi connectivity index (χ0) is 80.4. The van der Waals surface area contributed by atoms with Crippen molar-refractivity contribution in [3.05, 3.63) is 477 Å². The van der Waals surface area contributed by atoms with Crippen molar-refractivity contribution in [3.63, 3.8) is 0 Å². The molecule has 0 saturated heterocycles. The van der Waals surface area contributed by atoms with Crippen LogP contribution in [0.5, 0.6) is 0 Å². The minimum Gasteiger partial charge on any atom is -0.208 e. The molecule has 0 atom stereocenters. The van der Waals surface area contributed by atoms with E-state index in [9.17, 15) is 0 Å². The highest BCUT2D eigenvalue weighted by Gasteiger charge is 2.47. The summed E-state index contributed by atoms with van der Waals surface area (Å²) in [6.07, 6.45) is 6.68. The van der Waals surface area contributed by atoms with Gasteiger partial charge in [-0.25, -0.2) is 29.9 Å². The van der Waals surface area contributed by atoms with Crippen LogP contribution in [-0.4, -0.2) is 29.9 Å². The zero-order valence-electron chi connectivity index (χ0n) is 66.3. The first kappa shape index (κ1) is 72.9. The molecule has 0 unspecified atom stereocenters. The van der Waals surface area contributed by atoms with Gasteiger partial charge in [0.1, 0.15) is 0 Å². The highest BCUT2D eigenvalue weighted by atomic mass is 15.0. The first-order chi connectivity index (χ1) is 59.9. The fraction of sp³-hybridized carbons (Fsp3) is 0.0261. The molecule has 2 heterocycles. The molecule has 0 fully saturated rings. The summed E-state index contributed by atoms with van der Waals surface area (Å²) in [5.41, 5.74) is 33.6. The van der Waals surface area contributed by atoms with E-state index in [4.69, 9.17) is 29.9 Å². The van der Waals surface area contributed by atoms with E-state index < -0.39 is 5.41 Å². The quantitative estimate of drug-likeness (QED) is 0.0852. The van der Waals surface area contributed by atoms with Gasteiger partial charge >= 0.3 is 0 Å². The van der Waals surface area contributed by atoms with Crippen LogP contribution in [0.4, 0.5) is 0 Å². The molecule has 6 nitrogen and oxygen atoms in total. The zero-order valence-corrected chi connectivity index (χ0v) is 66.3. The molecule has 0 N–H and O–H groups in total. The molecule has 121 heavy (non-hydrogen) atoms. The molecule has 0 bridgehead atoms. The van der Waals surface area contributed by atoms with Crippen LogP contribution in [0.25, 0.3) is 185 Å². The van der Waals surface area contributed by atoms with Gasteiger partial charge in [-0.15, -0.1) is 0 Å². The van der Waals surface area contributed by atoms with Gasteiger partial charge < -0.3 is 0 Å². The van der Waals surface area contributed by atoms with Crippen molar-refractivity contribution in [1.29, 1.82) is 0 Å². The Morgan fingerprint density at radius 1 is 0.174 bits per heavy atom. The van der Waals surface area contributed by atoms with Crippen LogP contribution in [0.15, 0.2) is 455 Å². The molecule has 568 valence electrons. The van der Waals surface area contributed by atoms with Crippen LogP contribution in [-0.2, 0) is 5.41 Å². The second kappa shape index (κ2) is 32.0. The maximum atomic E-state index is 5.56. The van der Waals surface area contributed by atoms with Crippen LogP contribution in [0.3, 0.4) is 0 Å². The third-order valence-electron chi connectivity index (χ3n) is 23.6. The van der Waals surface area contributed by atoms with E-state index in [1.807, 2.05) is 0 Å². The van der Waals surface area contributed by atoms with E-state index in [2.05, 4.69) is 449 Å². The summed E-state index contributed by atoms with van der Waals surface area (Å²) in [6.45, 7) is 0. The van der Waals surface area contributed by atoms with E-state index >= 15 is 0 Å². The maximum absolute atomic E-state index is 5.56. The van der Waals surface area contributed by atoms with Gasteiger partial charge in [-0.3, -0.25) is 0 Å². The smallest absolute Gasteiger partial charge is 0.164 e. The van der Waals surface area contributed by atoms with Crippen LogP contribution >= 0.6 is 0 Å². The van der Waals surface area contributed by atoms with E-state index in [1.54, 1.807) is 0 Å². The third-order valence-corrected chi connectivity index (χ3v) is 23.6. The van der Waals surface area contributed by atoms with Crippen molar-refractivity contribution < 1.29 is 0 Å². The summed E-state index contributed by atoms with van der Waals surface area (Å²) < 4.78 is 0. The average Bonchev–Trinajstić information content (AvgIpc) is 1.54. The molecule has 2 aromatic heterocycles. The van der Waals surface area contributed by atoms with E-state index in [-0.39, 0.29) is 0 Å². The largest absolute Gasteiger partial charge is 0.208 e. The van der Waals surface area contributed by atoms with Gasteiger partial charge in [-0.2, -0.15) is 0 Å². The first-order valence-corrected chi connectivity index (χ1v) is 41.4. The molecule has 2 aliphatic carbocycles. The van der Waals surface area contributed by atoms with E-state index in [0.717, 1.165) is 157 Å². The normalized spacial score (nSPS) is 12.6. The number of hydrogen-bond donors (Lipinski definition) is 0. The Kier molecular flexibility index (Phi) is 19.3. The Bertz CT molecular complexity index is 6240. The van der Waals surface area contributed by atoms with Gasteiger partial charge in [0, 0.05) is 33.4 Å². The first-order valence-electron chi connectivity index (χ1n) is 41.4. The molecule has 0 saturated carbocycles. The Balaban J connectivity index is 0.703. The lowest BCUT2D eigenvalue weighted by Gasteiger charge is -2.36. The van der Waals surface area contributed by atoms with Crippen molar-refractivity contribution in [2.75, 3.05) is 0 Å². The summed E-state index contributed by atoms with van der Waals surface area (Å²) in [4.78, 5) is 33.3. The molecule has 6 heteroatoms. The van der Waals surface area contributed by atoms with Crippen LogP contribution in [0.2, 0.25) is 0 Å². The number of allylic oxidation sites excluding steroid dienone is 4. The third kappa shape index (κ3) is 14.5. The molecule has 17 aromatic carbocycles. The van der Waals surface area contributed by atoms with E-state index in [1.165, 1.54) is 33.4 Å². The molecule has 0 radical (unpaired) electrons. The fourth-order valence-electron chi connectivity index (χ4n) is 17.8. The molecule has 0 amide bonds. The van der Waals surface area contributed by atoms with Crippen LogP contribution < -0.4 is 0 Å². The number of hydrogen-bond acceptors (Lipinski definition) is 6. The minimum absolute atomic E-state index is 0.563. The SMILES string of the molecule is C1=CC2=C(CC1)c1ccccc1C2(c1cccc(-c2cccc(-c3nc(-c4cc(-c5ccccc5)cc(-c5ccccc5)c4)nc(-c4cc(-c5ccccc5)cc(-c5ccccc5)c4)n3)c2)c1)c1cccc(-c2cccc(-c3nc(-c4cc(-c5ccccc5)cc(-c5ccccc5)c4)nc(-c4cc(-c5ccccc5)cc(-c5ccccc5)c4)n3)c2)c1. The van der Waals surface area contributed by atoms with Crippen molar-refractivity contribution in [1.82, 2.24) is 29.9 Å². The summed E-state index contributed by atoms with van der Waals surface area (Å²) in [6, 6.07) is 157. The summed E-state index contributed by atoms with van der Waals surface area (Å²) in [7, 11) is 0. The molecule has 0 spiro atoms. The molecular weight excluding hydrogens is 1470 g/mol. The Morgan fingerprint density at radius 3 is 0.678 bits per heavy atom. The Labute approximate surface area is 705 Å². The standard InChI is InChI=1S/C115H78N6/c1-9-33-77(34-10-1)91-63-92(78-35-11-2-12-36-78)68-99(67-91)111-116-109(117-112(120-111)100-69-93(79-37-13-3-14-38-79)64-94(70-100)80-39-15-4-16-40-80)89-53-29-49-85(61-89)87-51-31-55-103(75-87)115(107-59-27-25-57-105(107)106-58-26-28-60-108(106)115)104-56-32-52-88(76-104)86-50-30-54-90(62-86)110-118-113(101-71-95(81-41-17-5-18-42-81)65-96(72-101)82-43-19-6-20-44-82)121-114(119-110)102-73-97(83-45-21-7-22-46-83)66-98(74-102)84-47-23-8-24-48-84/h1-25,27-57,59-76H,26,58H2. The van der Waals surface area contributed by atoms with Gasteiger partial charge in [-0.1, -0.05) is 352 Å². The predicted octanol–water partition coefficient (Wildman–Crippen LogP) is 29.2. The lowest BCUT2D eigenvalue weighted by molar-refractivity contribution is 0.757. The Morgan fingerprint density at radius 2 is 0.388 bits per heavy atom. The maximum Gasteiger partial charge on any atom is 0.164 e.